The predicted molar refractivity (Wildman–Crippen MR) is 92.7 cm³/mol. The Kier molecular flexibility index (Phi) is 7.14. The highest BCUT2D eigenvalue weighted by Crippen LogP contribution is 2.29. The second-order valence-electron chi connectivity index (χ2n) is 6.10. The number of nitrogens with two attached hydrogens (primary N) is 1. The van der Waals surface area contributed by atoms with E-state index in [-0.39, 0.29) is 18.2 Å². The van der Waals surface area contributed by atoms with Crippen molar-refractivity contribution >= 4 is 5.69 Å². The molecule has 2 rings (SSSR count). The fraction of sp³-hybridized carbons (Fsp3) is 0.389. The van der Waals surface area contributed by atoms with Gasteiger partial charge in [-0.2, -0.15) is 13.2 Å². The normalized spacial score (nSPS) is 12.7. The molecule has 0 saturated heterocycles. The average Bonchev–Trinajstić information content (AvgIpc) is 2.60. The van der Waals surface area contributed by atoms with Crippen molar-refractivity contribution in [2.45, 2.75) is 25.2 Å². The summed E-state index contributed by atoms with van der Waals surface area (Å²) in [5.74, 6) is -1.78. The molecule has 2 aromatic rings. The molecule has 0 fully saturated rings. The van der Waals surface area contributed by atoms with Crippen molar-refractivity contribution in [1.82, 2.24) is 4.98 Å². The Labute approximate surface area is 158 Å². The van der Waals surface area contributed by atoms with Crippen molar-refractivity contribution in [3.63, 3.8) is 0 Å². The van der Waals surface area contributed by atoms with Crippen LogP contribution >= 0.6 is 0 Å². The number of alkyl halides is 3. The van der Waals surface area contributed by atoms with Gasteiger partial charge >= 0.3 is 6.18 Å². The van der Waals surface area contributed by atoms with Crippen LogP contribution in [0.3, 0.4) is 0 Å². The number of benzene rings is 1. The maximum Gasteiger partial charge on any atom is 0.417 e. The molecular weight excluding hydrogens is 385 g/mol. The van der Waals surface area contributed by atoms with Crippen molar-refractivity contribution in [2.24, 2.45) is 5.73 Å². The van der Waals surface area contributed by atoms with Crippen LogP contribution in [0.4, 0.5) is 27.6 Å². The van der Waals surface area contributed by atoms with Gasteiger partial charge in [0.15, 0.2) is 5.82 Å². The Morgan fingerprint density at radius 2 is 1.89 bits per heavy atom. The molecule has 1 atom stereocenters. The van der Waals surface area contributed by atoms with Crippen LogP contribution in [0, 0.1) is 11.6 Å². The zero-order chi connectivity index (χ0) is 20.9. The van der Waals surface area contributed by atoms with Gasteiger partial charge in [-0.3, -0.25) is 0 Å². The molecular formula is C18H20F5N3O2. The van der Waals surface area contributed by atoms with E-state index in [2.05, 4.69) is 4.98 Å². The van der Waals surface area contributed by atoms with E-state index in [9.17, 15) is 27.1 Å². The minimum absolute atomic E-state index is 0.0764. The SMILES string of the molecule is CN(CCCCOc1ccc(C(F)(F)F)cn1)c1ccc(F)c(C(N)O)c1F. The molecule has 28 heavy (non-hydrogen) atoms. The number of rotatable bonds is 8. The van der Waals surface area contributed by atoms with Gasteiger partial charge in [0.25, 0.3) is 0 Å². The number of aliphatic hydroxyl groups is 1. The molecule has 0 aliphatic carbocycles. The summed E-state index contributed by atoms with van der Waals surface area (Å²) >= 11 is 0. The van der Waals surface area contributed by atoms with Crippen LogP contribution in [0.25, 0.3) is 0 Å². The lowest BCUT2D eigenvalue weighted by molar-refractivity contribution is -0.137. The van der Waals surface area contributed by atoms with Crippen LogP contribution < -0.4 is 15.4 Å². The van der Waals surface area contributed by atoms with E-state index in [4.69, 9.17) is 10.5 Å². The van der Waals surface area contributed by atoms with E-state index in [1.165, 1.54) is 11.0 Å². The molecule has 10 heteroatoms. The number of anilines is 1. The Morgan fingerprint density at radius 1 is 1.18 bits per heavy atom. The summed E-state index contributed by atoms with van der Waals surface area (Å²) in [7, 11) is 1.60. The van der Waals surface area contributed by atoms with Crippen molar-refractivity contribution in [1.29, 1.82) is 0 Å². The summed E-state index contributed by atoms with van der Waals surface area (Å²) in [6.45, 7) is 0.608. The summed E-state index contributed by atoms with van der Waals surface area (Å²) < 4.78 is 70.5. The first kappa shape index (κ1) is 21.8. The van der Waals surface area contributed by atoms with Crippen LogP contribution in [-0.4, -0.2) is 30.3 Å². The van der Waals surface area contributed by atoms with Gasteiger partial charge in [-0.25, -0.2) is 13.8 Å². The van der Waals surface area contributed by atoms with Crippen molar-refractivity contribution in [3.05, 3.63) is 53.2 Å². The summed E-state index contributed by atoms with van der Waals surface area (Å²) in [6, 6.07) is 4.30. The van der Waals surface area contributed by atoms with E-state index < -0.39 is 35.2 Å². The number of aromatic nitrogens is 1. The topological polar surface area (TPSA) is 71.6 Å². The largest absolute Gasteiger partial charge is 0.478 e. The molecule has 0 amide bonds. The third-order valence-corrected chi connectivity index (χ3v) is 4.01. The van der Waals surface area contributed by atoms with Crippen molar-refractivity contribution in [2.75, 3.05) is 25.1 Å². The first-order valence-electron chi connectivity index (χ1n) is 8.40. The second-order valence-corrected chi connectivity index (χ2v) is 6.10. The molecule has 5 nitrogen and oxygen atoms in total. The molecule has 0 bridgehead atoms. The Morgan fingerprint density at radius 3 is 2.46 bits per heavy atom. The van der Waals surface area contributed by atoms with Crippen LogP contribution in [-0.2, 0) is 6.18 Å². The number of ether oxygens (including phenoxy) is 1. The number of unbranched alkanes of at least 4 members (excludes halogenated alkanes) is 1. The van der Waals surface area contributed by atoms with Crippen molar-refractivity contribution in [3.8, 4) is 5.88 Å². The second kappa shape index (κ2) is 9.16. The van der Waals surface area contributed by atoms with E-state index in [0.29, 0.717) is 25.6 Å². The molecule has 0 aliphatic rings. The van der Waals surface area contributed by atoms with E-state index >= 15 is 0 Å². The van der Waals surface area contributed by atoms with E-state index in [1.807, 2.05) is 0 Å². The summed E-state index contributed by atoms with van der Waals surface area (Å²) in [4.78, 5) is 5.14. The molecule has 0 spiro atoms. The van der Waals surface area contributed by atoms with Gasteiger partial charge in [-0.05, 0) is 31.0 Å². The predicted octanol–water partition coefficient (Wildman–Crippen LogP) is 3.62. The first-order valence-corrected chi connectivity index (χ1v) is 8.40. The molecule has 3 N–H and O–H groups in total. The van der Waals surface area contributed by atoms with Crippen LogP contribution in [0.15, 0.2) is 30.5 Å². The number of nitrogens with zero attached hydrogens (tertiary/aromatic N) is 2. The molecule has 1 aromatic heterocycles. The van der Waals surface area contributed by atoms with Crippen LogP contribution in [0.1, 0.15) is 30.2 Å². The fourth-order valence-corrected chi connectivity index (χ4v) is 2.51. The minimum Gasteiger partial charge on any atom is -0.478 e. The molecule has 0 aliphatic heterocycles. The molecule has 1 aromatic carbocycles. The van der Waals surface area contributed by atoms with Crippen molar-refractivity contribution < 1.29 is 31.8 Å². The molecule has 1 unspecified atom stereocenters. The summed E-state index contributed by atoms with van der Waals surface area (Å²) in [5.41, 5.74) is 3.82. The minimum atomic E-state index is -4.45. The number of pyridine rings is 1. The zero-order valence-electron chi connectivity index (χ0n) is 15.0. The van der Waals surface area contributed by atoms with Gasteiger partial charge in [0, 0.05) is 25.9 Å². The quantitative estimate of drug-likeness (QED) is 0.399. The zero-order valence-corrected chi connectivity index (χ0v) is 15.0. The van der Waals surface area contributed by atoms with Crippen LogP contribution in [0.5, 0.6) is 5.88 Å². The molecule has 154 valence electrons. The highest BCUT2D eigenvalue weighted by atomic mass is 19.4. The van der Waals surface area contributed by atoms with Crippen LogP contribution in [0.2, 0.25) is 0 Å². The lowest BCUT2D eigenvalue weighted by Gasteiger charge is -2.22. The molecule has 0 saturated carbocycles. The van der Waals surface area contributed by atoms with Gasteiger partial charge in [0.05, 0.1) is 23.4 Å². The molecule has 0 radical (unpaired) electrons. The first-order chi connectivity index (χ1) is 13.1. The smallest absolute Gasteiger partial charge is 0.417 e. The molecule has 1 heterocycles. The standard InChI is InChI=1S/C18H20F5N3O2/c1-26(13-6-5-12(19)15(16(13)20)17(24)27)8-2-3-9-28-14-7-4-11(10-25-14)18(21,22)23/h4-7,10,17,27H,2-3,8-9,24H2,1H3. The number of aliphatic hydroxyl groups excluding tert-OH is 1. The highest BCUT2D eigenvalue weighted by molar-refractivity contribution is 5.50. The van der Waals surface area contributed by atoms with Gasteiger partial charge in [-0.1, -0.05) is 0 Å². The maximum absolute atomic E-state index is 14.3. The number of halogens is 5. The lowest BCUT2D eigenvalue weighted by atomic mass is 10.1. The highest BCUT2D eigenvalue weighted by Gasteiger charge is 2.30. The Balaban J connectivity index is 1.82. The lowest BCUT2D eigenvalue weighted by Crippen LogP contribution is -2.22. The van der Waals surface area contributed by atoms with E-state index in [1.54, 1.807) is 7.05 Å². The summed E-state index contributed by atoms with van der Waals surface area (Å²) in [6.07, 6.45) is -4.43. The summed E-state index contributed by atoms with van der Waals surface area (Å²) in [5, 5.41) is 9.30. The number of hydrogen-bond acceptors (Lipinski definition) is 5. The van der Waals surface area contributed by atoms with Gasteiger partial charge in [-0.15, -0.1) is 0 Å². The van der Waals surface area contributed by atoms with E-state index in [0.717, 1.165) is 18.2 Å². The van der Waals surface area contributed by atoms with Gasteiger partial charge < -0.3 is 20.5 Å². The monoisotopic (exact) mass is 405 g/mol. The fourth-order valence-electron chi connectivity index (χ4n) is 2.51. The third kappa shape index (κ3) is 5.52. The van der Waals surface area contributed by atoms with Gasteiger partial charge in [0.2, 0.25) is 5.88 Å². The third-order valence-electron chi connectivity index (χ3n) is 4.01. The average molecular weight is 405 g/mol. The maximum atomic E-state index is 14.3. The Hall–Kier alpha value is -2.46. The number of hydrogen-bond donors (Lipinski definition) is 2. The van der Waals surface area contributed by atoms with Gasteiger partial charge in [0.1, 0.15) is 12.0 Å². The Bertz CT molecular complexity index is 782.